The fourth-order valence-corrected chi connectivity index (χ4v) is 9.11. The quantitative estimate of drug-likeness (QED) is 0.0338. The number of hydrogen-bond donors (Lipinski definition) is 4. The van der Waals surface area contributed by atoms with E-state index in [4.69, 9.17) is 31.8 Å². The van der Waals surface area contributed by atoms with Crippen molar-refractivity contribution in [2.45, 2.75) is 31.6 Å². The SMILES string of the molecule is C#C/C=C\C(=C/C)C1=CC(C(c2ccc(C(C/C=C(\C=C/C#C)C3=CCC=C3)c3cc(-c4ccc(OCCO)cc4)ccc3OCCO)cc2)c2cc(-c3ccc(OCCO)cc3)ccc2OCCO)C=C1. The Labute approximate surface area is 424 Å². The minimum Gasteiger partial charge on any atom is -0.491 e. The van der Waals surface area contributed by atoms with Gasteiger partial charge in [-0.15, -0.1) is 12.8 Å². The highest BCUT2D eigenvalue weighted by Gasteiger charge is 2.29. The molecule has 5 aromatic rings. The van der Waals surface area contributed by atoms with Crippen molar-refractivity contribution in [3.63, 3.8) is 0 Å². The van der Waals surface area contributed by atoms with Gasteiger partial charge in [0.05, 0.1) is 26.4 Å². The normalized spacial score (nSPS) is 15.3. The average Bonchev–Trinajstić information content (AvgIpc) is 4.15. The first-order valence-electron chi connectivity index (χ1n) is 24.3. The smallest absolute Gasteiger partial charge is 0.123 e. The lowest BCUT2D eigenvalue weighted by Crippen LogP contribution is -2.14. The molecule has 0 saturated heterocycles. The molecule has 0 aromatic heterocycles. The van der Waals surface area contributed by atoms with Gasteiger partial charge in [-0.25, -0.2) is 0 Å². The standard InChI is InChI=1S/C64H62O8/c1-4-7-11-46(6-3)53-19-20-56(43-53)64(61-45-55(27-34-63(61)72-42-38-68)50-23-30-58(31-24-50)70-40-36-66)52-17-15-51(16-18-52)59(32-25-48(12-8-5-2)47-13-9-10-14-47)60-44-54(26-33-62(60)71-41-37-67)49-21-28-57(29-22-49)69-39-35-65/h1-2,6-9,11-31,33-34,43-45,56,59,64-68H,10,32,35-42H2,3H3/b11-7-,12-8-,46-6+,48-25+. The van der Waals surface area contributed by atoms with E-state index in [9.17, 15) is 20.4 Å². The van der Waals surface area contributed by atoms with Gasteiger partial charge in [0.1, 0.15) is 49.4 Å². The van der Waals surface area contributed by atoms with Gasteiger partial charge in [-0.3, -0.25) is 0 Å². The molecule has 72 heavy (non-hydrogen) atoms. The molecule has 8 nitrogen and oxygen atoms in total. The zero-order valence-electron chi connectivity index (χ0n) is 40.7. The largest absolute Gasteiger partial charge is 0.491 e. The second-order valence-electron chi connectivity index (χ2n) is 17.0. The van der Waals surface area contributed by atoms with Crippen LogP contribution < -0.4 is 18.9 Å². The topological polar surface area (TPSA) is 118 Å². The molecule has 0 bridgehead atoms. The molecule has 0 radical (unpaired) electrons. The Hall–Kier alpha value is -7.82. The predicted octanol–water partition coefficient (Wildman–Crippen LogP) is 11.4. The maximum atomic E-state index is 9.99. The third-order valence-corrected chi connectivity index (χ3v) is 12.5. The van der Waals surface area contributed by atoms with Crippen molar-refractivity contribution in [2.75, 3.05) is 52.9 Å². The number of ether oxygens (including phenoxy) is 4. The highest BCUT2D eigenvalue weighted by Crippen LogP contribution is 2.45. The Morgan fingerprint density at radius 1 is 0.597 bits per heavy atom. The van der Waals surface area contributed by atoms with Crippen LogP contribution in [0.15, 0.2) is 204 Å². The molecule has 0 aliphatic heterocycles. The molecule has 366 valence electrons. The van der Waals surface area contributed by atoms with E-state index in [1.165, 1.54) is 0 Å². The third-order valence-electron chi connectivity index (χ3n) is 12.5. The summed E-state index contributed by atoms with van der Waals surface area (Å²) < 4.78 is 24.0. The first-order valence-corrected chi connectivity index (χ1v) is 24.3. The number of terminal acetylenes is 2. The summed E-state index contributed by atoms with van der Waals surface area (Å²) in [5, 5.41) is 38.6. The lowest BCUT2D eigenvalue weighted by atomic mass is 9.78. The van der Waals surface area contributed by atoms with Crippen molar-refractivity contribution in [1.82, 2.24) is 0 Å². The highest BCUT2D eigenvalue weighted by atomic mass is 16.5. The first kappa shape index (κ1) is 52.0. The van der Waals surface area contributed by atoms with Gasteiger partial charge in [-0.05, 0) is 148 Å². The van der Waals surface area contributed by atoms with Crippen molar-refractivity contribution in [3.8, 4) is 69.9 Å². The Morgan fingerprint density at radius 2 is 1.11 bits per heavy atom. The summed E-state index contributed by atoms with van der Waals surface area (Å²) in [5.41, 5.74) is 12.1. The lowest BCUT2D eigenvalue weighted by Gasteiger charge is -2.27. The van der Waals surface area contributed by atoms with Gasteiger partial charge >= 0.3 is 0 Å². The molecule has 0 amide bonds. The van der Waals surface area contributed by atoms with Gasteiger partial charge in [-0.1, -0.05) is 121 Å². The van der Waals surface area contributed by atoms with E-state index in [-0.39, 0.29) is 70.6 Å². The number of aliphatic hydroxyl groups is 4. The van der Waals surface area contributed by atoms with E-state index >= 15 is 0 Å². The monoisotopic (exact) mass is 958 g/mol. The minimum atomic E-state index is -0.237. The van der Waals surface area contributed by atoms with Gasteiger partial charge in [0.25, 0.3) is 0 Å². The number of benzene rings is 5. The predicted molar refractivity (Wildman–Crippen MR) is 289 cm³/mol. The lowest BCUT2D eigenvalue weighted by molar-refractivity contribution is 0.200. The summed E-state index contributed by atoms with van der Waals surface area (Å²) in [7, 11) is 0. The van der Waals surface area contributed by atoms with E-state index in [1.807, 2.05) is 91.9 Å². The molecule has 3 unspecified atom stereocenters. The summed E-state index contributed by atoms with van der Waals surface area (Å²) in [5.74, 6) is 7.40. The Balaban J connectivity index is 1.38. The van der Waals surface area contributed by atoms with Crippen molar-refractivity contribution in [2.24, 2.45) is 5.92 Å². The van der Waals surface area contributed by atoms with Gasteiger partial charge in [-0.2, -0.15) is 0 Å². The summed E-state index contributed by atoms with van der Waals surface area (Å²) in [4.78, 5) is 0. The maximum absolute atomic E-state index is 9.99. The molecule has 2 aliphatic rings. The molecule has 2 aliphatic carbocycles. The Morgan fingerprint density at radius 3 is 1.64 bits per heavy atom. The molecule has 8 heteroatoms. The van der Waals surface area contributed by atoms with Crippen molar-refractivity contribution >= 4 is 0 Å². The summed E-state index contributed by atoms with van der Waals surface area (Å²) in [6.45, 7) is 2.23. The summed E-state index contributed by atoms with van der Waals surface area (Å²) in [6.07, 6.45) is 37.6. The molecule has 5 aromatic carbocycles. The van der Waals surface area contributed by atoms with Crippen molar-refractivity contribution in [1.29, 1.82) is 0 Å². The van der Waals surface area contributed by atoms with Crippen LogP contribution in [0.4, 0.5) is 0 Å². The maximum Gasteiger partial charge on any atom is 0.123 e. The first-order chi connectivity index (χ1) is 35.4. The Bertz CT molecular complexity index is 2930. The van der Waals surface area contributed by atoms with E-state index in [0.717, 1.165) is 73.2 Å². The van der Waals surface area contributed by atoms with E-state index < -0.39 is 0 Å². The molecule has 0 heterocycles. The second-order valence-corrected chi connectivity index (χ2v) is 17.0. The van der Waals surface area contributed by atoms with Crippen LogP contribution in [-0.4, -0.2) is 73.3 Å². The average molecular weight is 959 g/mol. The number of rotatable bonds is 25. The van der Waals surface area contributed by atoms with E-state index in [1.54, 1.807) is 12.2 Å². The number of hydrogen-bond acceptors (Lipinski definition) is 8. The van der Waals surface area contributed by atoms with Crippen LogP contribution in [0.1, 0.15) is 53.9 Å². The van der Waals surface area contributed by atoms with Gasteiger partial charge in [0.15, 0.2) is 0 Å². The van der Waals surface area contributed by atoms with Crippen LogP contribution >= 0.6 is 0 Å². The van der Waals surface area contributed by atoms with Gasteiger partial charge in [0, 0.05) is 28.9 Å². The fraction of sp³-hybridized carbons (Fsp3) is 0.219. The molecule has 3 atom stereocenters. The summed E-state index contributed by atoms with van der Waals surface area (Å²) >= 11 is 0. The number of aliphatic hydroxyl groups excluding tert-OH is 4. The molecular formula is C64H62O8. The second kappa shape index (κ2) is 27.0. The van der Waals surface area contributed by atoms with Crippen LogP contribution in [0, 0.1) is 30.6 Å². The van der Waals surface area contributed by atoms with Crippen LogP contribution in [0.5, 0.6) is 23.0 Å². The molecule has 4 N–H and O–H groups in total. The van der Waals surface area contributed by atoms with Crippen LogP contribution in [-0.2, 0) is 0 Å². The number of allylic oxidation sites excluding steroid dienone is 16. The Kier molecular flexibility index (Phi) is 19.5. The molecule has 0 fully saturated rings. The van der Waals surface area contributed by atoms with Crippen LogP contribution in [0.25, 0.3) is 22.3 Å². The fourth-order valence-electron chi connectivity index (χ4n) is 9.11. The molecule has 0 saturated carbocycles. The minimum absolute atomic E-state index is 0.0727. The van der Waals surface area contributed by atoms with E-state index in [2.05, 4.69) is 96.8 Å². The molecule has 7 rings (SSSR count). The summed E-state index contributed by atoms with van der Waals surface area (Å²) in [6, 6.07) is 36.8. The van der Waals surface area contributed by atoms with Crippen molar-refractivity contribution < 1.29 is 39.4 Å². The molecule has 0 spiro atoms. The molecular weight excluding hydrogens is 897 g/mol. The van der Waals surface area contributed by atoms with Crippen molar-refractivity contribution in [3.05, 3.63) is 227 Å². The zero-order chi connectivity index (χ0) is 50.5. The van der Waals surface area contributed by atoms with Crippen LogP contribution in [0.3, 0.4) is 0 Å². The van der Waals surface area contributed by atoms with Crippen LogP contribution in [0.2, 0.25) is 0 Å². The zero-order valence-corrected chi connectivity index (χ0v) is 40.7. The van der Waals surface area contributed by atoms with E-state index in [0.29, 0.717) is 29.4 Å². The highest BCUT2D eigenvalue weighted by molar-refractivity contribution is 5.69. The third kappa shape index (κ3) is 13.5. The van der Waals surface area contributed by atoms with Gasteiger partial charge < -0.3 is 39.4 Å². The van der Waals surface area contributed by atoms with Gasteiger partial charge in [0.2, 0.25) is 0 Å².